The summed E-state index contributed by atoms with van der Waals surface area (Å²) in [6.45, 7) is 4.88. The summed E-state index contributed by atoms with van der Waals surface area (Å²) in [5.41, 5.74) is 2.28. The Morgan fingerprint density at radius 3 is 2.76 bits per heavy atom. The molecular formula is C23H27N5O. The van der Waals surface area contributed by atoms with Gasteiger partial charge >= 0.3 is 0 Å². The van der Waals surface area contributed by atoms with Crippen molar-refractivity contribution in [3.8, 4) is 0 Å². The van der Waals surface area contributed by atoms with E-state index in [1.807, 2.05) is 42.7 Å². The summed E-state index contributed by atoms with van der Waals surface area (Å²) in [5.74, 6) is 1.38. The molecule has 0 radical (unpaired) electrons. The molecule has 2 heterocycles. The molecule has 3 aromatic rings. The van der Waals surface area contributed by atoms with Crippen LogP contribution in [0.15, 0.2) is 61.2 Å². The number of hydrogen-bond acceptors (Lipinski definition) is 4. The summed E-state index contributed by atoms with van der Waals surface area (Å²) >= 11 is 0. The third-order valence-corrected chi connectivity index (χ3v) is 5.09. The average Bonchev–Trinajstić information content (AvgIpc) is 3.41. The lowest BCUT2D eigenvalue weighted by molar-refractivity contribution is 0.102. The fraction of sp³-hybridized carbons (Fsp3) is 0.348. The lowest BCUT2D eigenvalue weighted by Crippen LogP contribution is -2.28. The molecule has 1 aliphatic rings. The molecule has 1 fully saturated rings. The molecule has 150 valence electrons. The van der Waals surface area contributed by atoms with Crippen LogP contribution in [-0.2, 0) is 6.54 Å². The molecule has 1 saturated carbocycles. The van der Waals surface area contributed by atoms with E-state index in [9.17, 15) is 4.79 Å². The van der Waals surface area contributed by atoms with E-state index in [-0.39, 0.29) is 5.91 Å². The van der Waals surface area contributed by atoms with Gasteiger partial charge < -0.3 is 14.8 Å². The predicted molar refractivity (Wildman–Crippen MR) is 115 cm³/mol. The van der Waals surface area contributed by atoms with Gasteiger partial charge in [-0.05, 0) is 55.0 Å². The summed E-state index contributed by atoms with van der Waals surface area (Å²) in [4.78, 5) is 23.7. The maximum atomic E-state index is 12.8. The van der Waals surface area contributed by atoms with Crippen LogP contribution in [-0.4, -0.2) is 33.5 Å². The van der Waals surface area contributed by atoms with Gasteiger partial charge in [-0.25, -0.2) is 9.97 Å². The van der Waals surface area contributed by atoms with Crippen molar-refractivity contribution in [1.82, 2.24) is 14.5 Å². The zero-order valence-corrected chi connectivity index (χ0v) is 16.8. The van der Waals surface area contributed by atoms with Crippen molar-refractivity contribution in [3.05, 3.63) is 72.4 Å². The number of amides is 1. The van der Waals surface area contributed by atoms with Crippen LogP contribution in [0.3, 0.4) is 0 Å². The minimum absolute atomic E-state index is 0.213. The Kier molecular flexibility index (Phi) is 5.89. The molecule has 2 aromatic heterocycles. The molecule has 1 amide bonds. The SMILES string of the molecule is CCCN(CC1CC1)c1cc(C(=O)Nc2cccc(Cn3cccc3)c2)ncn1. The largest absolute Gasteiger partial charge is 0.356 e. The second-order valence-corrected chi connectivity index (χ2v) is 7.66. The molecule has 1 N–H and O–H groups in total. The molecule has 0 saturated heterocycles. The maximum Gasteiger partial charge on any atom is 0.274 e. The summed E-state index contributed by atoms with van der Waals surface area (Å²) in [6, 6.07) is 13.7. The van der Waals surface area contributed by atoms with Crippen molar-refractivity contribution >= 4 is 17.4 Å². The Balaban J connectivity index is 1.45. The van der Waals surface area contributed by atoms with E-state index < -0.39 is 0 Å². The van der Waals surface area contributed by atoms with Gasteiger partial charge in [0.2, 0.25) is 0 Å². The number of anilines is 2. The van der Waals surface area contributed by atoms with E-state index in [2.05, 4.69) is 37.7 Å². The van der Waals surface area contributed by atoms with Crippen molar-refractivity contribution in [2.45, 2.75) is 32.7 Å². The first-order valence-electron chi connectivity index (χ1n) is 10.3. The summed E-state index contributed by atoms with van der Waals surface area (Å²) in [6.07, 6.45) is 9.17. The van der Waals surface area contributed by atoms with Crippen LogP contribution < -0.4 is 10.2 Å². The van der Waals surface area contributed by atoms with Crippen LogP contribution in [0.5, 0.6) is 0 Å². The van der Waals surface area contributed by atoms with Gasteiger partial charge in [0.25, 0.3) is 5.91 Å². The summed E-state index contributed by atoms with van der Waals surface area (Å²) in [5, 5.41) is 2.97. The molecule has 0 spiro atoms. The third kappa shape index (κ3) is 5.22. The van der Waals surface area contributed by atoms with Crippen molar-refractivity contribution in [1.29, 1.82) is 0 Å². The Hall–Kier alpha value is -3.15. The number of nitrogens with zero attached hydrogens (tertiary/aromatic N) is 4. The van der Waals surface area contributed by atoms with Crippen LogP contribution in [0, 0.1) is 5.92 Å². The van der Waals surface area contributed by atoms with Gasteiger partial charge in [-0.15, -0.1) is 0 Å². The smallest absolute Gasteiger partial charge is 0.274 e. The van der Waals surface area contributed by atoms with Gasteiger partial charge in [-0.3, -0.25) is 4.79 Å². The van der Waals surface area contributed by atoms with Gasteiger partial charge in [-0.2, -0.15) is 0 Å². The van der Waals surface area contributed by atoms with Crippen molar-refractivity contribution < 1.29 is 4.79 Å². The van der Waals surface area contributed by atoms with Crippen LogP contribution >= 0.6 is 0 Å². The van der Waals surface area contributed by atoms with E-state index in [0.29, 0.717) is 5.69 Å². The van der Waals surface area contributed by atoms with E-state index in [4.69, 9.17) is 0 Å². The van der Waals surface area contributed by atoms with E-state index in [1.54, 1.807) is 6.07 Å². The van der Waals surface area contributed by atoms with Gasteiger partial charge in [0.1, 0.15) is 17.8 Å². The number of hydrogen-bond donors (Lipinski definition) is 1. The summed E-state index contributed by atoms with van der Waals surface area (Å²) < 4.78 is 2.10. The highest BCUT2D eigenvalue weighted by molar-refractivity contribution is 6.03. The fourth-order valence-corrected chi connectivity index (χ4v) is 3.45. The van der Waals surface area contributed by atoms with Gasteiger partial charge in [0, 0.05) is 43.8 Å². The molecule has 1 aromatic carbocycles. The molecule has 6 nitrogen and oxygen atoms in total. The van der Waals surface area contributed by atoms with Gasteiger partial charge in [0.15, 0.2) is 0 Å². The van der Waals surface area contributed by atoms with Gasteiger partial charge in [-0.1, -0.05) is 19.1 Å². The standard InChI is InChI=1S/C23H27N5O/c1-2-10-28(16-18-8-9-18)22-14-21(24-17-25-22)23(29)26-20-7-5-6-19(13-20)15-27-11-3-4-12-27/h3-7,11-14,17-18H,2,8-10,15-16H2,1H3,(H,26,29). The normalized spacial score (nSPS) is 13.3. The predicted octanol–water partition coefficient (Wildman–Crippen LogP) is 4.21. The first-order chi connectivity index (χ1) is 14.2. The maximum absolute atomic E-state index is 12.8. The Bertz CT molecular complexity index is 949. The molecule has 0 aliphatic heterocycles. The van der Waals surface area contributed by atoms with Crippen LogP contribution in [0.25, 0.3) is 0 Å². The third-order valence-electron chi connectivity index (χ3n) is 5.09. The van der Waals surface area contributed by atoms with E-state index in [0.717, 1.165) is 49.0 Å². The van der Waals surface area contributed by atoms with E-state index in [1.165, 1.54) is 19.2 Å². The molecule has 0 bridgehead atoms. The highest BCUT2D eigenvalue weighted by Crippen LogP contribution is 2.31. The quantitative estimate of drug-likeness (QED) is 0.596. The number of aromatic nitrogens is 3. The fourth-order valence-electron chi connectivity index (χ4n) is 3.45. The number of carbonyl (C=O) groups is 1. The van der Waals surface area contributed by atoms with Crippen LogP contribution in [0.1, 0.15) is 42.2 Å². The molecule has 4 rings (SSSR count). The molecule has 6 heteroatoms. The topological polar surface area (TPSA) is 63.1 Å². The number of nitrogens with one attached hydrogen (secondary N) is 1. The molecule has 29 heavy (non-hydrogen) atoms. The number of rotatable bonds is 9. The lowest BCUT2D eigenvalue weighted by Gasteiger charge is -2.23. The van der Waals surface area contributed by atoms with Crippen LogP contribution in [0.4, 0.5) is 11.5 Å². The number of benzene rings is 1. The first-order valence-corrected chi connectivity index (χ1v) is 10.3. The lowest BCUT2D eigenvalue weighted by atomic mass is 10.2. The average molecular weight is 390 g/mol. The zero-order chi connectivity index (χ0) is 20.1. The highest BCUT2D eigenvalue weighted by Gasteiger charge is 2.25. The second-order valence-electron chi connectivity index (χ2n) is 7.66. The monoisotopic (exact) mass is 389 g/mol. The van der Waals surface area contributed by atoms with Crippen LogP contribution in [0.2, 0.25) is 0 Å². The minimum atomic E-state index is -0.213. The molecule has 0 atom stereocenters. The minimum Gasteiger partial charge on any atom is -0.356 e. The molecule has 1 aliphatic carbocycles. The van der Waals surface area contributed by atoms with Crippen molar-refractivity contribution in [3.63, 3.8) is 0 Å². The Morgan fingerprint density at radius 2 is 2.00 bits per heavy atom. The summed E-state index contributed by atoms with van der Waals surface area (Å²) in [7, 11) is 0. The van der Waals surface area contributed by atoms with Gasteiger partial charge in [0.05, 0.1) is 0 Å². The zero-order valence-electron chi connectivity index (χ0n) is 16.8. The highest BCUT2D eigenvalue weighted by atomic mass is 16.1. The Morgan fingerprint density at radius 1 is 1.17 bits per heavy atom. The number of carbonyl (C=O) groups excluding carboxylic acids is 1. The van der Waals surface area contributed by atoms with Crippen molar-refractivity contribution in [2.75, 3.05) is 23.3 Å². The second kappa shape index (κ2) is 8.90. The van der Waals surface area contributed by atoms with Crippen molar-refractivity contribution in [2.24, 2.45) is 5.92 Å². The van der Waals surface area contributed by atoms with E-state index >= 15 is 0 Å². The molecular weight excluding hydrogens is 362 g/mol. The molecule has 0 unspecified atom stereocenters. The Labute approximate surface area is 171 Å². The first kappa shape index (κ1) is 19.2.